The van der Waals surface area contributed by atoms with Crippen LogP contribution in [0.25, 0.3) is 0 Å². The van der Waals surface area contributed by atoms with Crippen LogP contribution in [-0.2, 0) is 9.47 Å². The van der Waals surface area contributed by atoms with Crippen molar-refractivity contribution in [1.82, 2.24) is 5.43 Å². The quantitative estimate of drug-likeness (QED) is 0.597. The third kappa shape index (κ3) is 5.80. The topological polar surface area (TPSA) is 78.4 Å². The highest BCUT2D eigenvalue weighted by Gasteiger charge is 2.14. The summed E-state index contributed by atoms with van der Waals surface area (Å²) in [7, 11) is 1.58. The SMILES string of the molecule is COc1ccc(C(=O)NN=Cc2ccc(OCC3COCCO3)cc2)cc1. The number of hydrogen-bond donors (Lipinski definition) is 1. The third-order valence-corrected chi connectivity index (χ3v) is 3.93. The Labute approximate surface area is 157 Å². The Morgan fingerprint density at radius 3 is 2.56 bits per heavy atom. The molecule has 1 aliphatic rings. The van der Waals surface area contributed by atoms with Crippen molar-refractivity contribution < 1.29 is 23.7 Å². The molecule has 0 spiro atoms. The standard InChI is InChI=1S/C20H22N2O5/c1-24-17-8-4-16(5-9-17)20(23)22-21-12-15-2-6-18(7-3-15)27-14-19-13-25-10-11-26-19/h2-9,12,19H,10-11,13-14H2,1H3,(H,22,23). The van der Waals surface area contributed by atoms with Gasteiger partial charge in [0.2, 0.25) is 0 Å². The van der Waals surface area contributed by atoms with Gasteiger partial charge in [-0.05, 0) is 54.1 Å². The second kappa shape index (κ2) is 9.70. The molecule has 1 N–H and O–H groups in total. The molecule has 1 saturated heterocycles. The van der Waals surface area contributed by atoms with Gasteiger partial charge in [-0.25, -0.2) is 5.43 Å². The molecular weight excluding hydrogens is 348 g/mol. The van der Waals surface area contributed by atoms with Crippen LogP contribution >= 0.6 is 0 Å². The predicted octanol–water partition coefficient (Wildman–Crippen LogP) is 2.25. The smallest absolute Gasteiger partial charge is 0.271 e. The molecule has 7 nitrogen and oxygen atoms in total. The molecule has 142 valence electrons. The molecule has 0 aromatic heterocycles. The van der Waals surface area contributed by atoms with Gasteiger partial charge >= 0.3 is 0 Å². The Hall–Kier alpha value is -2.90. The molecule has 2 aromatic rings. The molecule has 3 rings (SSSR count). The van der Waals surface area contributed by atoms with E-state index >= 15 is 0 Å². The Morgan fingerprint density at radius 2 is 1.89 bits per heavy atom. The van der Waals surface area contributed by atoms with Crippen molar-refractivity contribution in [2.45, 2.75) is 6.10 Å². The van der Waals surface area contributed by atoms with Gasteiger partial charge in [-0.1, -0.05) is 0 Å². The minimum absolute atomic E-state index is 0.0341. The molecule has 27 heavy (non-hydrogen) atoms. The summed E-state index contributed by atoms with van der Waals surface area (Å²) >= 11 is 0. The molecule has 1 fully saturated rings. The lowest BCUT2D eigenvalue weighted by atomic mass is 10.2. The van der Waals surface area contributed by atoms with E-state index in [9.17, 15) is 4.79 Å². The molecule has 0 aliphatic carbocycles. The highest BCUT2D eigenvalue weighted by atomic mass is 16.6. The van der Waals surface area contributed by atoms with Crippen molar-refractivity contribution in [3.8, 4) is 11.5 Å². The van der Waals surface area contributed by atoms with Crippen molar-refractivity contribution in [3.05, 3.63) is 59.7 Å². The van der Waals surface area contributed by atoms with Crippen LogP contribution in [0.4, 0.5) is 0 Å². The number of rotatable bonds is 7. The fraction of sp³-hybridized carbons (Fsp3) is 0.300. The second-order valence-corrected chi connectivity index (χ2v) is 5.88. The molecule has 2 aromatic carbocycles. The third-order valence-electron chi connectivity index (χ3n) is 3.93. The predicted molar refractivity (Wildman–Crippen MR) is 101 cm³/mol. The Balaban J connectivity index is 1.46. The van der Waals surface area contributed by atoms with Gasteiger partial charge in [0.1, 0.15) is 24.2 Å². The number of hydrogen-bond acceptors (Lipinski definition) is 6. The summed E-state index contributed by atoms with van der Waals surface area (Å²) in [5.41, 5.74) is 3.84. The number of carbonyl (C=O) groups excluding carboxylic acids is 1. The number of amides is 1. The Morgan fingerprint density at radius 1 is 1.15 bits per heavy atom. The summed E-state index contributed by atoms with van der Waals surface area (Å²) in [6.07, 6.45) is 1.54. The minimum atomic E-state index is -0.288. The van der Waals surface area contributed by atoms with Gasteiger partial charge in [-0.3, -0.25) is 4.79 Å². The van der Waals surface area contributed by atoms with E-state index in [4.69, 9.17) is 18.9 Å². The molecule has 0 saturated carbocycles. The lowest BCUT2D eigenvalue weighted by Crippen LogP contribution is -2.33. The van der Waals surface area contributed by atoms with Gasteiger partial charge in [0, 0.05) is 5.56 Å². The number of ether oxygens (including phenoxy) is 4. The molecule has 1 heterocycles. The van der Waals surface area contributed by atoms with Crippen LogP contribution in [0.3, 0.4) is 0 Å². The molecular formula is C20H22N2O5. The molecule has 0 radical (unpaired) electrons. The van der Waals surface area contributed by atoms with Crippen molar-refractivity contribution in [3.63, 3.8) is 0 Å². The summed E-state index contributed by atoms with van der Waals surface area (Å²) in [5.74, 6) is 1.15. The average Bonchev–Trinajstić information content (AvgIpc) is 2.74. The van der Waals surface area contributed by atoms with E-state index in [1.54, 1.807) is 37.6 Å². The molecule has 1 amide bonds. The van der Waals surface area contributed by atoms with E-state index in [0.29, 0.717) is 37.7 Å². The number of nitrogens with one attached hydrogen (secondary N) is 1. The molecule has 1 unspecified atom stereocenters. The Kier molecular flexibility index (Phi) is 6.78. The number of nitrogens with zero attached hydrogens (tertiary/aromatic N) is 1. The van der Waals surface area contributed by atoms with Crippen molar-refractivity contribution in [2.24, 2.45) is 5.10 Å². The van der Waals surface area contributed by atoms with Crippen LogP contribution < -0.4 is 14.9 Å². The maximum atomic E-state index is 12.0. The zero-order valence-corrected chi connectivity index (χ0v) is 15.1. The first kappa shape index (κ1) is 18.9. The highest BCUT2D eigenvalue weighted by Crippen LogP contribution is 2.13. The van der Waals surface area contributed by atoms with Crippen molar-refractivity contribution in [2.75, 3.05) is 33.5 Å². The van der Waals surface area contributed by atoms with Gasteiger partial charge in [-0.2, -0.15) is 5.10 Å². The summed E-state index contributed by atoms with van der Waals surface area (Å²) < 4.78 is 21.6. The molecule has 1 atom stereocenters. The van der Waals surface area contributed by atoms with Gasteiger partial charge in [-0.15, -0.1) is 0 Å². The normalized spacial score (nSPS) is 16.9. The largest absolute Gasteiger partial charge is 0.497 e. The first-order valence-electron chi connectivity index (χ1n) is 8.64. The average molecular weight is 370 g/mol. The van der Waals surface area contributed by atoms with E-state index in [1.807, 2.05) is 24.3 Å². The first-order chi connectivity index (χ1) is 13.2. The molecule has 0 bridgehead atoms. The van der Waals surface area contributed by atoms with Crippen LogP contribution in [0, 0.1) is 0 Å². The van der Waals surface area contributed by atoms with Gasteiger partial charge < -0.3 is 18.9 Å². The van der Waals surface area contributed by atoms with E-state index in [2.05, 4.69) is 10.5 Å². The van der Waals surface area contributed by atoms with Crippen molar-refractivity contribution >= 4 is 12.1 Å². The van der Waals surface area contributed by atoms with Crippen LogP contribution in [0.1, 0.15) is 15.9 Å². The zero-order chi connectivity index (χ0) is 18.9. The molecule has 1 aliphatic heterocycles. The summed E-state index contributed by atoms with van der Waals surface area (Å²) in [6, 6.07) is 14.2. The van der Waals surface area contributed by atoms with E-state index in [0.717, 1.165) is 11.3 Å². The maximum absolute atomic E-state index is 12.0. The van der Waals surface area contributed by atoms with Crippen LogP contribution in [0.15, 0.2) is 53.6 Å². The van der Waals surface area contributed by atoms with E-state index in [-0.39, 0.29) is 12.0 Å². The highest BCUT2D eigenvalue weighted by molar-refractivity contribution is 5.95. The van der Waals surface area contributed by atoms with Crippen molar-refractivity contribution in [1.29, 1.82) is 0 Å². The summed E-state index contributed by atoms with van der Waals surface area (Å²) in [6.45, 7) is 2.25. The first-order valence-corrected chi connectivity index (χ1v) is 8.64. The second-order valence-electron chi connectivity index (χ2n) is 5.88. The summed E-state index contributed by atoms with van der Waals surface area (Å²) in [5, 5.41) is 3.98. The lowest BCUT2D eigenvalue weighted by molar-refractivity contribution is -0.101. The minimum Gasteiger partial charge on any atom is -0.497 e. The lowest BCUT2D eigenvalue weighted by Gasteiger charge is -2.22. The van der Waals surface area contributed by atoms with Gasteiger partial charge in [0.25, 0.3) is 5.91 Å². The number of carbonyl (C=O) groups is 1. The maximum Gasteiger partial charge on any atom is 0.271 e. The van der Waals surface area contributed by atoms with Crippen LogP contribution in [0.5, 0.6) is 11.5 Å². The monoisotopic (exact) mass is 370 g/mol. The van der Waals surface area contributed by atoms with E-state index < -0.39 is 0 Å². The zero-order valence-electron chi connectivity index (χ0n) is 15.1. The van der Waals surface area contributed by atoms with Crippen LogP contribution in [-0.4, -0.2) is 51.8 Å². The van der Waals surface area contributed by atoms with Crippen LogP contribution in [0.2, 0.25) is 0 Å². The fourth-order valence-corrected chi connectivity index (χ4v) is 2.44. The number of methoxy groups -OCH3 is 1. The summed E-state index contributed by atoms with van der Waals surface area (Å²) in [4.78, 5) is 12.0. The fourth-order valence-electron chi connectivity index (χ4n) is 2.44. The van der Waals surface area contributed by atoms with Gasteiger partial charge in [0.05, 0.1) is 33.1 Å². The van der Waals surface area contributed by atoms with Gasteiger partial charge in [0.15, 0.2) is 0 Å². The number of hydrazone groups is 1. The van der Waals surface area contributed by atoms with E-state index in [1.165, 1.54) is 0 Å². The molecule has 7 heteroatoms. The number of benzene rings is 2. The Bertz CT molecular complexity index is 753.